The Bertz CT molecular complexity index is 4230. The van der Waals surface area contributed by atoms with Gasteiger partial charge in [-0.15, -0.1) is 0 Å². The van der Waals surface area contributed by atoms with E-state index in [1.54, 1.807) is 0 Å². The van der Waals surface area contributed by atoms with E-state index in [-0.39, 0.29) is 0 Å². The molecule has 0 spiro atoms. The van der Waals surface area contributed by atoms with Gasteiger partial charge in [0.05, 0.1) is 27.6 Å². The van der Waals surface area contributed by atoms with Gasteiger partial charge in [0.15, 0.2) is 17.5 Å². The highest BCUT2D eigenvalue weighted by Crippen LogP contribution is 2.43. The Morgan fingerprint density at radius 3 is 1.43 bits per heavy atom. The van der Waals surface area contributed by atoms with Crippen LogP contribution in [0, 0.1) is 0 Å². The normalized spacial score (nSPS) is 11.8. The lowest BCUT2D eigenvalue weighted by molar-refractivity contribution is 0.669. The molecule has 0 aliphatic heterocycles. The Morgan fingerprint density at radius 2 is 0.768 bits per heavy atom. The van der Waals surface area contributed by atoms with Crippen molar-refractivity contribution in [1.82, 2.24) is 24.1 Å². The van der Waals surface area contributed by atoms with Crippen molar-refractivity contribution in [2.75, 3.05) is 0 Å². The fourth-order valence-corrected chi connectivity index (χ4v) is 10.4. The van der Waals surface area contributed by atoms with Crippen LogP contribution in [0.5, 0.6) is 0 Å². The summed E-state index contributed by atoms with van der Waals surface area (Å²) in [6, 6.07) is 83.5. The summed E-state index contributed by atoms with van der Waals surface area (Å²) in [5, 5.41) is 6.88. The Labute approximate surface area is 396 Å². The summed E-state index contributed by atoms with van der Waals surface area (Å²) < 4.78 is 11.6. The van der Waals surface area contributed by atoms with Gasteiger partial charge in [0, 0.05) is 60.4 Å². The molecule has 6 heteroatoms. The molecule has 10 aromatic carbocycles. The van der Waals surface area contributed by atoms with Gasteiger partial charge in [0.2, 0.25) is 0 Å². The van der Waals surface area contributed by atoms with Gasteiger partial charge in [0.1, 0.15) is 11.2 Å². The van der Waals surface area contributed by atoms with Crippen molar-refractivity contribution >= 4 is 65.6 Å². The van der Waals surface area contributed by atoms with Gasteiger partial charge >= 0.3 is 0 Å². The number of benzene rings is 10. The van der Waals surface area contributed by atoms with Crippen LogP contribution in [-0.4, -0.2) is 24.1 Å². The van der Waals surface area contributed by atoms with Crippen LogP contribution in [0.2, 0.25) is 0 Å². The number of hydrogen-bond acceptors (Lipinski definition) is 4. The summed E-state index contributed by atoms with van der Waals surface area (Å²) in [5.41, 5.74) is 15.7. The van der Waals surface area contributed by atoms with Crippen LogP contribution in [-0.2, 0) is 0 Å². The molecule has 0 amide bonds. The zero-order valence-corrected chi connectivity index (χ0v) is 37.2. The first-order valence-electron chi connectivity index (χ1n) is 23.3. The van der Waals surface area contributed by atoms with E-state index < -0.39 is 0 Å². The number of aromatic nitrogens is 5. The van der Waals surface area contributed by atoms with Crippen LogP contribution in [0.4, 0.5) is 0 Å². The summed E-state index contributed by atoms with van der Waals surface area (Å²) >= 11 is 0. The molecule has 0 unspecified atom stereocenters. The average Bonchev–Trinajstić information content (AvgIpc) is 4.09. The predicted molar refractivity (Wildman–Crippen MR) is 283 cm³/mol. The first-order valence-corrected chi connectivity index (χ1v) is 23.3. The predicted octanol–water partition coefficient (Wildman–Crippen LogP) is 16.3. The van der Waals surface area contributed by atoms with Crippen molar-refractivity contribution in [3.8, 4) is 67.8 Å². The van der Waals surface area contributed by atoms with Gasteiger partial charge in [-0.05, 0) is 89.5 Å². The van der Waals surface area contributed by atoms with Gasteiger partial charge in [-0.1, -0.05) is 164 Å². The van der Waals surface area contributed by atoms with Gasteiger partial charge in [0.25, 0.3) is 0 Å². The smallest absolute Gasteiger partial charge is 0.167 e. The van der Waals surface area contributed by atoms with Crippen molar-refractivity contribution in [2.24, 2.45) is 0 Å². The largest absolute Gasteiger partial charge is 0.455 e. The average molecular weight is 882 g/mol. The number of nitrogens with zero attached hydrogens (tertiary/aromatic N) is 5. The molecule has 0 atom stereocenters. The molecule has 14 aromatic rings. The molecule has 0 aliphatic rings. The van der Waals surface area contributed by atoms with Crippen LogP contribution < -0.4 is 0 Å². The first-order chi connectivity index (χ1) is 34.2. The molecule has 0 saturated carbocycles. The van der Waals surface area contributed by atoms with Crippen LogP contribution in [0.3, 0.4) is 0 Å². The molecule has 4 heterocycles. The second-order valence-electron chi connectivity index (χ2n) is 17.6. The molecule has 0 bridgehead atoms. The molecule has 0 aliphatic carbocycles. The van der Waals surface area contributed by atoms with E-state index in [9.17, 15) is 0 Å². The molecule has 69 heavy (non-hydrogen) atoms. The van der Waals surface area contributed by atoms with Crippen LogP contribution >= 0.6 is 0 Å². The quantitative estimate of drug-likeness (QED) is 0.160. The highest BCUT2D eigenvalue weighted by atomic mass is 16.3. The number of furan rings is 1. The number of para-hydroxylation sites is 5. The van der Waals surface area contributed by atoms with E-state index in [2.05, 4.69) is 179 Å². The van der Waals surface area contributed by atoms with Gasteiger partial charge in [-0.25, -0.2) is 15.0 Å². The van der Waals surface area contributed by atoms with E-state index >= 15 is 0 Å². The Balaban J connectivity index is 0.928. The molecule has 6 nitrogen and oxygen atoms in total. The van der Waals surface area contributed by atoms with Crippen molar-refractivity contribution in [3.05, 3.63) is 237 Å². The lowest BCUT2D eigenvalue weighted by Crippen LogP contribution is -2.00. The molecule has 0 radical (unpaired) electrons. The van der Waals surface area contributed by atoms with Crippen LogP contribution in [0.1, 0.15) is 0 Å². The third-order valence-corrected chi connectivity index (χ3v) is 13.6. The van der Waals surface area contributed by atoms with Gasteiger partial charge < -0.3 is 13.6 Å². The first kappa shape index (κ1) is 38.8. The minimum absolute atomic E-state index is 0.558. The molecule has 14 rings (SSSR count). The van der Waals surface area contributed by atoms with Gasteiger partial charge in [-0.2, -0.15) is 0 Å². The van der Waals surface area contributed by atoms with Crippen molar-refractivity contribution in [2.45, 2.75) is 0 Å². The molecule has 0 N–H and O–H groups in total. The van der Waals surface area contributed by atoms with E-state index in [1.165, 1.54) is 43.7 Å². The number of hydrogen-bond donors (Lipinski definition) is 0. The Morgan fingerprint density at radius 1 is 0.290 bits per heavy atom. The summed E-state index contributed by atoms with van der Waals surface area (Å²) in [4.78, 5) is 15.0. The Hall–Kier alpha value is -9.39. The number of rotatable bonds is 7. The van der Waals surface area contributed by atoms with E-state index in [4.69, 9.17) is 19.4 Å². The topological polar surface area (TPSA) is 61.7 Å². The second-order valence-corrected chi connectivity index (χ2v) is 17.6. The molecule has 322 valence electrons. The SMILES string of the molecule is c1ccc(-c2nc(-c3ccccc3)nc(-c3cccc4c3oc3ccc(-c5cccc6c7cc(-c8ccc9c(c8)c8ccccc8n9-c8ccccc8)ccc7n(-c7ccccc7)c56)cc34)n2)cc1. The van der Waals surface area contributed by atoms with Crippen molar-refractivity contribution in [1.29, 1.82) is 0 Å². The van der Waals surface area contributed by atoms with Crippen molar-refractivity contribution in [3.63, 3.8) is 0 Å². The fraction of sp³-hybridized carbons (Fsp3) is 0. The van der Waals surface area contributed by atoms with Gasteiger partial charge in [-0.3, -0.25) is 0 Å². The molecular weight excluding hydrogens is 843 g/mol. The maximum atomic E-state index is 6.77. The summed E-state index contributed by atoms with van der Waals surface area (Å²) in [6.45, 7) is 0. The highest BCUT2D eigenvalue weighted by Gasteiger charge is 2.21. The third-order valence-electron chi connectivity index (χ3n) is 13.6. The maximum Gasteiger partial charge on any atom is 0.167 e. The summed E-state index contributed by atoms with van der Waals surface area (Å²) in [5.74, 6) is 1.78. The minimum atomic E-state index is 0.558. The zero-order chi connectivity index (χ0) is 45.4. The minimum Gasteiger partial charge on any atom is -0.455 e. The summed E-state index contributed by atoms with van der Waals surface area (Å²) in [6.07, 6.45) is 0. The summed E-state index contributed by atoms with van der Waals surface area (Å²) in [7, 11) is 0. The molecule has 4 aromatic heterocycles. The third kappa shape index (κ3) is 6.30. The maximum absolute atomic E-state index is 6.77. The lowest BCUT2D eigenvalue weighted by atomic mass is 9.98. The van der Waals surface area contributed by atoms with Crippen LogP contribution in [0.25, 0.3) is 133 Å². The standard InChI is InChI=1S/C63H39N5O/c1-5-17-40(18-6-1)61-64-62(41-19-7-2-8-20-41)66-63(65-61)51-29-16-28-50-54-39-44(33-36-58(54)69-60(50)51)47-26-15-27-49-53-38-43(32-35-57(53)68(59(47)49)46-23-11-4-12-24-46)42-31-34-56-52(37-42)48-25-13-14-30-55(48)67(56)45-21-9-3-10-22-45/h1-39H. The fourth-order valence-electron chi connectivity index (χ4n) is 10.4. The molecule has 0 saturated heterocycles. The highest BCUT2D eigenvalue weighted by molar-refractivity contribution is 6.17. The van der Waals surface area contributed by atoms with E-state index in [0.717, 1.165) is 72.2 Å². The van der Waals surface area contributed by atoms with E-state index in [1.807, 2.05) is 66.7 Å². The monoisotopic (exact) mass is 881 g/mol. The lowest BCUT2D eigenvalue weighted by Gasteiger charge is -2.12. The van der Waals surface area contributed by atoms with Crippen LogP contribution in [0.15, 0.2) is 241 Å². The molecule has 0 fully saturated rings. The second kappa shape index (κ2) is 15.6. The number of fused-ring (bicyclic) bond motifs is 9. The zero-order valence-electron chi connectivity index (χ0n) is 37.2. The van der Waals surface area contributed by atoms with Crippen molar-refractivity contribution < 1.29 is 4.42 Å². The Kier molecular flexibility index (Phi) is 8.79. The molecular formula is C63H39N5O. The van der Waals surface area contributed by atoms with E-state index in [0.29, 0.717) is 17.5 Å².